The maximum atomic E-state index is 12.7. The van der Waals surface area contributed by atoms with Gasteiger partial charge in [0.05, 0.1) is 10.9 Å². The van der Waals surface area contributed by atoms with E-state index in [1.165, 1.54) is 40.7 Å². The van der Waals surface area contributed by atoms with Gasteiger partial charge in [0, 0.05) is 26.2 Å². The Morgan fingerprint density at radius 1 is 1.21 bits per heavy atom. The number of hydrogen-bond donors (Lipinski definition) is 0. The standard InChI is InChI=1S/C17H21F3N6O2S/c1-3-24-8-10-25(11-9-24)15(27)12(2)29-16-21-22-23-26(16)13-4-6-14(7-5-13)28-17(18,19)20/h4-7,12H,3,8-11H2,1-2H3. The third kappa shape index (κ3) is 5.60. The summed E-state index contributed by atoms with van der Waals surface area (Å²) in [7, 11) is 0. The van der Waals surface area contributed by atoms with Crippen LogP contribution in [0.1, 0.15) is 13.8 Å². The van der Waals surface area contributed by atoms with Crippen LogP contribution >= 0.6 is 11.8 Å². The Morgan fingerprint density at radius 3 is 2.45 bits per heavy atom. The molecule has 3 rings (SSSR count). The van der Waals surface area contributed by atoms with Crippen molar-refractivity contribution in [2.45, 2.75) is 30.6 Å². The number of nitrogens with zero attached hydrogens (tertiary/aromatic N) is 6. The molecule has 1 atom stereocenters. The zero-order valence-electron chi connectivity index (χ0n) is 16.0. The Hall–Kier alpha value is -2.34. The van der Waals surface area contributed by atoms with E-state index in [2.05, 4.69) is 32.1 Å². The van der Waals surface area contributed by atoms with E-state index in [0.29, 0.717) is 23.9 Å². The van der Waals surface area contributed by atoms with Crippen molar-refractivity contribution < 1.29 is 22.7 Å². The van der Waals surface area contributed by atoms with Crippen LogP contribution in [0.3, 0.4) is 0 Å². The summed E-state index contributed by atoms with van der Waals surface area (Å²) in [6, 6.07) is 5.19. The first-order valence-corrected chi connectivity index (χ1v) is 9.97. The van der Waals surface area contributed by atoms with Gasteiger partial charge in [-0.25, -0.2) is 0 Å². The van der Waals surface area contributed by atoms with Crippen LogP contribution in [-0.2, 0) is 4.79 Å². The molecule has 2 aromatic rings. The summed E-state index contributed by atoms with van der Waals surface area (Å²) in [6.45, 7) is 7.92. The molecule has 1 aromatic carbocycles. The van der Waals surface area contributed by atoms with Gasteiger partial charge in [-0.3, -0.25) is 4.79 Å². The molecule has 1 saturated heterocycles. The monoisotopic (exact) mass is 430 g/mol. The van der Waals surface area contributed by atoms with E-state index in [9.17, 15) is 18.0 Å². The lowest BCUT2D eigenvalue weighted by Crippen LogP contribution is -2.50. The van der Waals surface area contributed by atoms with Crippen LogP contribution in [0.5, 0.6) is 5.75 Å². The number of rotatable bonds is 6. The van der Waals surface area contributed by atoms with Crippen LogP contribution in [-0.4, -0.2) is 80.3 Å². The summed E-state index contributed by atoms with van der Waals surface area (Å²) in [6.07, 6.45) is -4.75. The van der Waals surface area contributed by atoms with E-state index < -0.39 is 11.6 Å². The molecular formula is C17H21F3N6O2S. The number of aromatic nitrogens is 4. The summed E-state index contributed by atoms with van der Waals surface area (Å²) >= 11 is 1.21. The highest BCUT2D eigenvalue weighted by molar-refractivity contribution is 8.00. The van der Waals surface area contributed by atoms with Crippen molar-refractivity contribution in [3.8, 4) is 11.4 Å². The number of tetrazole rings is 1. The lowest BCUT2D eigenvalue weighted by molar-refractivity contribution is -0.274. The second-order valence-electron chi connectivity index (χ2n) is 6.43. The molecule has 0 radical (unpaired) electrons. The third-order valence-electron chi connectivity index (χ3n) is 4.52. The molecule has 12 heteroatoms. The highest BCUT2D eigenvalue weighted by Gasteiger charge is 2.31. The molecule has 8 nitrogen and oxygen atoms in total. The number of carbonyl (C=O) groups is 1. The topological polar surface area (TPSA) is 76.4 Å². The predicted octanol–water partition coefficient (Wildman–Crippen LogP) is 2.21. The number of piperazine rings is 1. The fourth-order valence-corrected chi connectivity index (χ4v) is 3.85. The van der Waals surface area contributed by atoms with Crippen LogP contribution in [0.4, 0.5) is 13.2 Å². The minimum absolute atomic E-state index is 0.00854. The van der Waals surface area contributed by atoms with Crippen LogP contribution in [0.25, 0.3) is 5.69 Å². The number of hydrogen-bond acceptors (Lipinski definition) is 7. The zero-order chi connectivity index (χ0) is 21.0. The molecular weight excluding hydrogens is 409 g/mol. The summed E-state index contributed by atoms with van der Waals surface area (Å²) in [4.78, 5) is 16.9. The maximum absolute atomic E-state index is 12.7. The van der Waals surface area contributed by atoms with Crippen molar-refractivity contribution in [1.29, 1.82) is 0 Å². The molecule has 0 bridgehead atoms. The van der Waals surface area contributed by atoms with E-state index in [1.807, 2.05) is 4.90 Å². The van der Waals surface area contributed by atoms with Crippen molar-refractivity contribution in [1.82, 2.24) is 30.0 Å². The van der Waals surface area contributed by atoms with Gasteiger partial charge >= 0.3 is 6.36 Å². The zero-order valence-corrected chi connectivity index (χ0v) is 16.8. The van der Waals surface area contributed by atoms with E-state index in [0.717, 1.165) is 19.6 Å². The van der Waals surface area contributed by atoms with Crippen molar-refractivity contribution in [2.24, 2.45) is 0 Å². The largest absolute Gasteiger partial charge is 0.573 e. The van der Waals surface area contributed by atoms with Gasteiger partial charge in [-0.15, -0.1) is 18.3 Å². The summed E-state index contributed by atoms with van der Waals surface area (Å²) in [5.74, 6) is -0.326. The smallest absolute Gasteiger partial charge is 0.406 e. The van der Waals surface area contributed by atoms with Crippen LogP contribution in [0.15, 0.2) is 29.4 Å². The number of ether oxygens (including phenoxy) is 1. The van der Waals surface area contributed by atoms with E-state index in [4.69, 9.17) is 0 Å². The Bertz CT molecular complexity index is 821. The summed E-state index contributed by atoms with van der Waals surface area (Å²) < 4.78 is 42.1. The highest BCUT2D eigenvalue weighted by Crippen LogP contribution is 2.27. The van der Waals surface area contributed by atoms with Gasteiger partial charge < -0.3 is 14.5 Å². The molecule has 0 N–H and O–H groups in total. The van der Waals surface area contributed by atoms with Crippen LogP contribution in [0, 0.1) is 0 Å². The van der Waals surface area contributed by atoms with Crippen molar-refractivity contribution in [3.05, 3.63) is 24.3 Å². The van der Waals surface area contributed by atoms with Gasteiger partial charge in [0.1, 0.15) is 5.75 Å². The van der Waals surface area contributed by atoms with Gasteiger partial charge in [-0.1, -0.05) is 18.7 Å². The molecule has 0 saturated carbocycles. The lowest BCUT2D eigenvalue weighted by atomic mass is 10.3. The lowest BCUT2D eigenvalue weighted by Gasteiger charge is -2.35. The van der Waals surface area contributed by atoms with E-state index in [-0.39, 0.29) is 11.7 Å². The van der Waals surface area contributed by atoms with Gasteiger partial charge in [0.25, 0.3) is 0 Å². The fourth-order valence-electron chi connectivity index (χ4n) is 2.95. The minimum atomic E-state index is -4.75. The van der Waals surface area contributed by atoms with Gasteiger partial charge in [-0.05, 0) is 48.2 Å². The van der Waals surface area contributed by atoms with Gasteiger partial charge in [0.15, 0.2) is 0 Å². The predicted molar refractivity (Wildman–Crippen MR) is 99.9 cm³/mol. The highest BCUT2D eigenvalue weighted by atomic mass is 32.2. The molecule has 0 aliphatic carbocycles. The normalized spacial score (nSPS) is 16.7. The number of alkyl halides is 3. The fraction of sp³-hybridized carbons (Fsp3) is 0.529. The third-order valence-corrected chi connectivity index (χ3v) is 5.54. The van der Waals surface area contributed by atoms with Crippen LogP contribution < -0.4 is 4.74 Å². The van der Waals surface area contributed by atoms with Gasteiger partial charge in [-0.2, -0.15) is 4.68 Å². The number of thioether (sulfide) groups is 1. The average Bonchev–Trinajstić information content (AvgIpc) is 3.15. The molecule has 1 aliphatic heterocycles. The number of carbonyl (C=O) groups excluding carboxylic acids is 1. The molecule has 29 heavy (non-hydrogen) atoms. The molecule has 1 aromatic heterocycles. The van der Waals surface area contributed by atoms with E-state index in [1.54, 1.807) is 6.92 Å². The number of amides is 1. The first-order valence-electron chi connectivity index (χ1n) is 9.09. The summed E-state index contributed by atoms with van der Waals surface area (Å²) in [5.41, 5.74) is 0.461. The molecule has 1 fully saturated rings. The Morgan fingerprint density at radius 2 is 1.86 bits per heavy atom. The molecule has 1 aliphatic rings. The molecule has 158 valence electrons. The molecule has 1 amide bonds. The summed E-state index contributed by atoms with van der Waals surface area (Å²) in [5, 5.41) is 11.4. The van der Waals surface area contributed by atoms with Crippen LogP contribution in [0.2, 0.25) is 0 Å². The second-order valence-corrected chi connectivity index (χ2v) is 7.74. The van der Waals surface area contributed by atoms with E-state index >= 15 is 0 Å². The molecule has 2 heterocycles. The van der Waals surface area contributed by atoms with Crippen molar-refractivity contribution >= 4 is 17.7 Å². The first kappa shape index (κ1) is 21.4. The quantitative estimate of drug-likeness (QED) is 0.651. The average molecular weight is 430 g/mol. The first-order chi connectivity index (χ1) is 13.8. The van der Waals surface area contributed by atoms with Crippen molar-refractivity contribution in [3.63, 3.8) is 0 Å². The SMILES string of the molecule is CCN1CCN(C(=O)C(C)Sc2nnnn2-c2ccc(OC(F)(F)F)cc2)CC1. The van der Waals surface area contributed by atoms with Gasteiger partial charge in [0.2, 0.25) is 11.1 Å². The number of likely N-dealkylation sites (N-methyl/N-ethyl adjacent to an activating group) is 1. The maximum Gasteiger partial charge on any atom is 0.573 e. The second kappa shape index (κ2) is 8.99. The Kier molecular flexibility index (Phi) is 6.63. The minimum Gasteiger partial charge on any atom is -0.406 e. The molecule has 1 unspecified atom stereocenters. The molecule has 0 spiro atoms. The Labute approximate surface area is 170 Å². The number of halogens is 3. The van der Waals surface area contributed by atoms with Crippen molar-refractivity contribution in [2.75, 3.05) is 32.7 Å². The Balaban J connectivity index is 1.65. The number of benzene rings is 1.